The summed E-state index contributed by atoms with van der Waals surface area (Å²) in [7, 11) is 0. The second kappa shape index (κ2) is 5.14. The molecule has 2 rings (SSSR count). The van der Waals surface area contributed by atoms with Crippen LogP contribution in [0.2, 0.25) is 0 Å². The molecule has 6 heteroatoms. The number of carbonyl (C=O) groups is 1. The van der Waals surface area contributed by atoms with Gasteiger partial charge in [-0.3, -0.25) is 9.36 Å². The van der Waals surface area contributed by atoms with Crippen molar-refractivity contribution in [2.24, 2.45) is 0 Å². The second-order valence-electron chi connectivity index (χ2n) is 3.64. The molecule has 0 aliphatic rings. The summed E-state index contributed by atoms with van der Waals surface area (Å²) >= 11 is 3.09. The van der Waals surface area contributed by atoms with E-state index in [1.807, 2.05) is 0 Å². The first kappa shape index (κ1) is 12.5. The van der Waals surface area contributed by atoms with Crippen LogP contribution in [-0.4, -0.2) is 20.6 Å². The first-order valence-electron chi connectivity index (χ1n) is 5.10. The maximum absolute atomic E-state index is 11.8. The molecule has 1 N–H and O–H groups in total. The molecule has 0 saturated heterocycles. The molecule has 0 unspecified atom stereocenters. The van der Waals surface area contributed by atoms with Gasteiger partial charge in [0.1, 0.15) is 4.47 Å². The van der Waals surface area contributed by atoms with Gasteiger partial charge in [-0.15, -0.1) is 0 Å². The Morgan fingerprint density at radius 3 is 2.83 bits per heavy atom. The molecule has 92 valence electrons. The Morgan fingerprint density at radius 2 is 2.11 bits per heavy atom. The van der Waals surface area contributed by atoms with Gasteiger partial charge in [0.05, 0.1) is 18.4 Å². The molecule has 0 aliphatic heterocycles. The molecule has 0 atom stereocenters. The number of aromatic nitrogens is 2. The summed E-state index contributed by atoms with van der Waals surface area (Å²) in [6.45, 7) is 0.174. The minimum atomic E-state index is -1.01. The number of carboxylic acids is 1. The van der Waals surface area contributed by atoms with E-state index in [-0.39, 0.29) is 17.7 Å². The monoisotopic (exact) mass is 308 g/mol. The van der Waals surface area contributed by atoms with Crippen LogP contribution in [0, 0.1) is 0 Å². The van der Waals surface area contributed by atoms with Crippen LogP contribution >= 0.6 is 15.9 Å². The zero-order chi connectivity index (χ0) is 13.1. The third-order valence-corrected chi connectivity index (χ3v) is 2.99. The Morgan fingerprint density at radius 1 is 1.39 bits per heavy atom. The fourth-order valence-corrected chi connectivity index (χ4v) is 1.93. The number of aromatic carboxylic acids is 1. The lowest BCUT2D eigenvalue weighted by molar-refractivity contribution is 0.0695. The lowest BCUT2D eigenvalue weighted by Crippen LogP contribution is -2.22. The molecule has 0 saturated carbocycles. The topological polar surface area (TPSA) is 72.2 Å². The highest BCUT2D eigenvalue weighted by Gasteiger charge is 2.10. The van der Waals surface area contributed by atoms with Gasteiger partial charge in [0.25, 0.3) is 5.56 Å². The van der Waals surface area contributed by atoms with Crippen molar-refractivity contribution in [1.29, 1.82) is 0 Å². The summed E-state index contributed by atoms with van der Waals surface area (Å²) in [5, 5.41) is 9.06. The average Bonchev–Trinajstić information content (AvgIpc) is 2.35. The number of nitrogens with zero attached hydrogens (tertiary/aromatic N) is 2. The highest BCUT2D eigenvalue weighted by atomic mass is 79.9. The molecule has 0 amide bonds. The number of carboxylic acid groups (broad SMARTS) is 1. The van der Waals surface area contributed by atoms with Gasteiger partial charge in [0.2, 0.25) is 0 Å². The van der Waals surface area contributed by atoms with Gasteiger partial charge < -0.3 is 5.11 Å². The minimum absolute atomic E-state index is 0.174. The number of hydrogen-bond acceptors (Lipinski definition) is 3. The molecule has 1 aromatic heterocycles. The lowest BCUT2D eigenvalue weighted by atomic mass is 10.1. The number of hydrogen-bond donors (Lipinski definition) is 1. The number of halogens is 1. The van der Waals surface area contributed by atoms with Crippen LogP contribution in [-0.2, 0) is 6.54 Å². The predicted molar refractivity (Wildman–Crippen MR) is 68.7 cm³/mol. The normalized spacial score (nSPS) is 10.3. The van der Waals surface area contributed by atoms with Crippen LogP contribution in [0.25, 0.3) is 0 Å². The fourth-order valence-electron chi connectivity index (χ4n) is 1.59. The zero-order valence-electron chi connectivity index (χ0n) is 9.21. The molecule has 1 aromatic carbocycles. The first-order chi connectivity index (χ1) is 8.59. The van der Waals surface area contributed by atoms with Gasteiger partial charge in [-0.2, -0.15) is 0 Å². The van der Waals surface area contributed by atoms with Crippen LogP contribution < -0.4 is 5.56 Å². The van der Waals surface area contributed by atoms with Crippen LogP contribution in [0.1, 0.15) is 15.9 Å². The Bertz CT molecular complexity index is 652. The van der Waals surface area contributed by atoms with Crippen LogP contribution in [0.4, 0.5) is 0 Å². The molecule has 5 nitrogen and oxygen atoms in total. The van der Waals surface area contributed by atoms with Crippen LogP contribution in [0.5, 0.6) is 0 Å². The van der Waals surface area contributed by atoms with E-state index in [4.69, 9.17) is 5.11 Å². The highest BCUT2D eigenvalue weighted by Crippen LogP contribution is 2.10. The summed E-state index contributed by atoms with van der Waals surface area (Å²) in [5.74, 6) is -1.01. The van der Waals surface area contributed by atoms with E-state index in [9.17, 15) is 9.59 Å². The van der Waals surface area contributed by atoms with E-state index in [1.54, 1.807) is 18.2 Å². The molecule has 0 spiro atoms. The van der Waals surface area contributed by atoms with Crippen LogP contribution in [0.3, 0.4) is 0 Å². The Balaban J connectivity index is 2.44. The Kier molecular flexibility index (Phi) is 3.57. The summed E-state index contributed by atoms with van der Waals surface area (Å²) in [6.07, 6.45) is 2.79. The maximum atomic E-state index is 11.8. The van der Waals surface area contributed by atoms with E-state index in [0.717, 1.165) is 0 Å². The second-order valence-corrected chi connectivity index (χ2v) is 4.49. The largest absolute Gasteiger partial charge is 0.478 e. The number of rotatable bonds is 3. The Hall–Kier alpha value is -1.95. The molecule has 18 heavy (non-hydrogen) atoms. The fraction of sp³-hybridized carbons (Fsp3) is 0.0833. The maximum Gasteiger partial charge on any atom is 0.336 e. The summed E-state index contributed by atoms with van der Waals surface area (Å²) in [5.41, 5.74) is 0.501. The van der Waals surface area contributed by atoms with Crippen LogP contribution in [0.15, 0.2) is 46.1 Å². The SMILES string of the molecule is O=C(O)c1ccccc1Cn1cncc(Br)c1=O. The summed E-state index contributed by atoms with van der Waals surface area (Å²) < 4.78 is 1.70. The van der Waals surface area contributed by atoms with Crippen molar-refractivity contribution in [2.75, 3.05) is 0 Å². The molecule has 1 heterocycles. The van der Waals surface area contributed by atoms with E-state index < -0.39 is 5.97 Å². The molecular weight excluding hydrogens is 300 g/mol. The highest BCUT2D eigenvalue weighted by molar-refractivity contribution is 9.10. The first-order valence-corrected chi connectivity index (χ1v) is 5.90. The van der Waals surface area contributed by atoms with Gasteiger partial charge in [0.15, 0.2) is 0 Å². The molecule has 2 aromatic rings. The third kappa shape index (κ3) is 2.48. The van der Waals surface area contributed by atoms with Gasteiger partial charge in [-0.1, -0.05) is 18.2 Å². The smallest absolute Gasteiger partial charge is 0.336 e. The lowest BCUT2D eigenvalue weighted by Gasteiger charge is -2.08. The number of benzene rings is 1. The third-order valence-electron chi connectivity index (χ3n) is 2.45. The average molecular weight is 309 g/mol. The van der Waals surface area contributed by atoms with Crippen molar-refractivity contribution in [3.05, 3.63) is 62.7 Å². The van der Waals surface area contributed by atoms with Crippen molar-refractivity contribution >= 4 is 21.9 Å². The molecule has 0 fully saturated rings. The zero-order valence-corrected chi connectivity index (χ0v) is 10.8. The van der Waals surface area contributed by atoms with E-state index >= 15 is 0 Å². The standard InChI is InChI=1S/C12H9BrN2O3/c13-10-5-14-7-15(11(10)16)6-8-3-1-2-4-9(8)12(17)18/h1-5,7H,6H2,(H,17,18). The molecule has 0 aliphatic carbocycles. The van der Waals surface area contributed by atoms with E-state index in [1.165, 1.54) is 23.2 Å². The van der Waals surface area contributed by atoms with Crippen molar-refractivity contribution in [1.82, 2.24) is 9.55 Å². The molecule has 0 radical (unpaired) electrons. The van der Waals surface area contributed by atoms with E-state index in [2.05, 4.69) is 20.9 Å². The van der Waals surface area contributed by atoms with Gasteiger partial charge >= 0.3 is 5.97 Å². The Labute approximate surface area is 111 Å². The van der Waals surface area contributed by atoms with Gasteiger partial charge in [0, 0.05) is 6.20 Å². The quantitative estimate of drug-likeness (QED) is 0.937. The van der Waals surface area contributed by atoms with E-state index in [0.29, 0.717) is 10.0 Å². The van der Waals surface area contributed by atoms with Crippen molar-refractivity contribution < 1.29 is 9.90 Å². The van der Waals surface area contributed by atoms with Crippen molar-refractivity contribution in [3.63, 3.8) is 0 Å². The minimum Gasteiger partial charge on any atom is -0.478 e. The molecular formula is C12H9BrN2O3. The summed E-state index contributed by atoms with van der Waals surface area (Å²) in [4.78, 5) is 26.7. The van der Waals surface area contributed by atoms with Gasteiger partial charge in [-0.05, 0) is 27.6 Å². The summed E-state index contributed by atoms with van der Waals surface area (Å²) in [6, 6.07) is 6.57. The predicted octanol–water partition coefficient (Wildman–Crippen LogP) is 1.75. The van der Waals surface area contributed by atoms with Gasteiger partial charge in [-0.25, -0.2) is 9.78 Å². The molecule has 0 bridgehead atoms. The van der Waals surface area contributed by atoms with Crippen molar-refractivity contribution in [2.45, 2.75) is 6.54 Å². The van der Waals surface area contributed by atoms with Crippen molar-refractivity contribution in [3.8, 4) is 0 Å².